The number of hydrogen-bond donors (Lipinski definition) is 1. The predicted octanol–water partition coefficient (Wildman–Crippen LogP) is 3.23. The van der Waals surface area contributed by atoms with Crippen LogP contribution in [0.15, 0.2) is 4.34 Å². The topological polar surface area (TPSA) is 75.2 Å². The first kappa shape index (κ1) is 18.6. The molecular formula is C17H26N4O2S2. The Morgan fingerprint density at radius 1 is 1.24 bits per heavy atom. The highest BCUT2D eigenvalue weighted by Gasteiger charge is 2.34. The minimum atomic E-state index is -0.221. The lowest BCUT2D eigenvalue weighted by atomic mass is 9.86. The van der Waals surface area contributed by atoms with Gasteiger partial charge >= 0.3 is 0 Å². The third-order valence-corrected chi connectivity index (χ3v) is 7.05. The van der Waals surface area contributed by atoms with E-state index < -0.39 is 0 Å². The molecule has 6 nitrogen and oxygen atoms in total. The van der Waals surface area contributed by atoms with Gasteiger partial charge in [-0.2, -0.15) is 0 Å². The van der Waals surface area contributed by atoms with E-state index in [1.165, 1.54) is 42.4 Å². The fourth-order valence-electron chi connectivity index (χ4n) is 3.26. The van der Waals surface area contributed by atoms with Gasteiger partial charge in [-0.15, -0.1) is 10.2 Å². The fraction of sp³-hybridized carbons (Fsp3) is 0.765. The highest BCUT2D eigenvalue weighted by atomic mass is 32.2. The second-order valence-electron chi connectivity index (χ2n) is 7.11. The molecule has 2 aliphatic carbocycles. The van der Waals surface area contributed by atoms with E-state index in [1.54, 1.807) is 11.8 Å². The van der Waals surface area contributed by atoms with Crippen LogP contribution >= 0.6 is 23.1 Å². The number of carbonyl (C=O) groups is 2. The lowest BCUT2D eigenvalue weighted by molar-refractivity contribution is -0.121. The Hall–Kier alpha value is -1.15. The van der Waals surface area contributed by atoms with Crippen LogP contribution in [0, 0.1) is 5.92 Å². The zero-order valence-electron chi connectivity index (χ0n) is 15.0. The molecule has 3 unspecified atom stereocenters. The molecule has 0 radical (unpaired) electrons. The molecule has 2 amide bonds. The monoisotopic (exact) mass is 382 g/mol. The quantitative estimate of drug-likeness (QED) is 0.604. The first-order valence-corrected chi connectivity index (χ1v) is 10.8. The number of nitrogens with one attached hydrogen (secondary N) is 1. The molecule has 0 saturated heterocycles. The maximum absolute atomic E-state index is 12.5. The molecule has 138 valence electrons. The highest BCUT2D eigenvalue weighted by Crippen LogP contribution is 2.36. The number of anilines is 1. The Bertz CT molecular complexity index is 632. The van der Waals surface area contributed by atoms with Crippen LogP contribution in [-0.2, 0) is 9.59 Å². The molecule has 0 aliphatic heterocycles. The van der Waals surface area contributed by atoms with Crippen molar-refractivity contribution < 1.29 is 9.59 Å². The summed E-state index contributed by atoms with van der Waals surface area (Å²) in [6, 6.07) is 0.564. The zero-order chi connectivity index (χ0) is 18.0. The van der Waals surface area contributed by atoms with Crippen LogP contribution in [0.4, 0.5) is 5.13 Å². The Balaban J connectivity index is 1.56. The van der Waals surface area contributed by atoms with Gasteiger partial charge in [0.1, 0.15) is 0 Å². The Kier molecular flexibility index (Phi) is 5.99. The van der Waals surface area contributed by atoms with Crippen molar-refractivity contribution in [3.8, 4) is 0 Å². The molecule has 3 rings (SSSR count). The molecule has 0 spiro atoms. The van der Waals surface area contributed by atoms with Crippen LogP contribution in [0.2, 0.25) is 0 Å². The average Bonchev–Trinajstić information content (AvgIpc) is 3.28. The first-order chi connectivity index (χ1) is 12.0. The van der Waals surface area contributed by atoms with E-state index in [1.807, 2.05) is 6.92 Å². The Morgan fingerprint density at radius 2 is 1.96 bits per heavy atom. The summed E-state index contributed by atoms with van der Waals surface area (Å²) in [6.45, 7) is 5.68. The molecule has 25 heavy (non-hydrogen) atoms. The Labute approximate surface area is 157 Å². The molecule has 1 N–H and O–H groups in total. The van der Waals surface area contributed by atoms with Gasteiger partial charge < -0.3 is 5.32 Å². The molecule has 2 saturated carbocycles. The summed E-state index contributed by atoms with van der Waals surface area (Å²) in [5.41, 5.74) is 0. The van der Waals surface area contributed by atoms with Crippen LogP contribution in [0.5, 0.6) is 0 Å². The van der Waals surface area contributed by atoms with Crippen molar-refractivity contribution in [1.29, 1.82) is 0 Å². The third-order valence-electron chi connectivity index (χ3n) is 4.94. The predicted molar refractivity (Wildman–Crippen MR) is 101 cm³/mol. The number of rotatable bonds is 6. The Morgan fingerprint density at radius 3 is 2.60 bits per heavy atom. The summed E-state index contributed by atoms with van der Waals surface area (Å²) in [7, 11) is 0. The van der Waals surface area contributed by atoms with Crippen LogP contribution in [0.3, 0.4) is 0 Å². The lowest BCUT2D eigenvalue weighted by Crippen LogP contribution is -2.44. The number of carbonyl (C=O) groups excluding carboxylic acids is 2. The number of aromatic nitrogens is 2. The zero-order valence-corrected chi connectivity index (χ0v) is 16.7. The average molecular weight is 383 g/mol. The molecule has 0 aromatic carbocycles. The van der Waals surface area contributed by atoms with Gasteiger partial charge in [0, 0.05) is 19.0 Å². The van der Waals surface area contributed by atoms with Crippen LogP contribution in [0.25, 0.3) is 0 Å². The largest absolute Gasteiger partial charge is 0.352 e. The van der Waals surface area contributed by atoms with Gasteiger partial charge in [0.05, 0.1) is 5.25 Å². The summed E-state index contributed by atoms with van der Waals surface area (Å²) in [4.78, 5) is 26.0. The molecular weight excluding hydrogens is 356 g/mol. The van der Waals surface area contributed by atoms with E-state index in [0.717, 1.165) is 23.6 Å². The number of amides is 2. The van der Waals surface area contributed by atoms with E-state index in [2.05, 4.69) is 22.4 Å². The highest BCUT2D eigenvalue weighted by molar-refractivity contribution is 8.02. The number of nitrogens with zero attached hydrogens (tertiary/aromatic N) is 3. The lowest BCUT2D eigenvalue weighted by Gasteiger charge is -2.30. The van der Waals surface area contributed by atoms with E-state index in [4.69, 9.17) is 0 Å². The normalized spacial score (nSPS) is 24.6. The van der Waals surface area contributed by atoms with Crippen LogP contribution in [-0.4, -0.2) is 39.3 Å². The van der Waals surface area contributed by atoms with Crippen molar-refractivity contribution in [2.24, 2.45) is 5.92 Å². The van der Waals surface area contributed by atoms with Gasteiger partial charge in [0.15, 0.2) is 4.34 Å². The molecule has 1 aromatic heterocycles. The van der Waals surface area contributed by atoms with Crippen molar-refractivity contribution in [1.82, 2.24) is 15.5 Å². The van der Waals surface area contributed by atoms with Crippen molar-refractivity contribution in [2.45, 2.75) is 81.0 Å². The van der Waals surface area contributed by atoms with E-state index >= 15 is 0 Å². The fourth-order valence-corrected chi connectivity index (χ4v) is 5.37. The number of hydrogen-bond acceptors (Lipinski definition) is 6. The van der Waals surface area contributed by atoms with Gasteiger partial charge in [-0.1, -0.05) is 42.9 Å². The van der Waals surface area contributed by atoms with Gasteiger partial charge in [0.2, 0.25) is 16.9 Å². The molecule has 3 atom stereocenters. The molecule has 1 heterocycles. The second-order valence-corrected chi connectivity index (χ2v) is 9.65. The number of thioether (sulfide) groups is 1. The maximum atomic E-state index is 12.5. The standard InChI is InChI=1S/C17H26N4O2S2/c1-10-6-4-5-7-14(10)18-15(23)11(2)24-17-20-19-16(25-17)21(12(3)22)13-8-9-13/h10-11,13-14H,4-9H2,1-3H3,(H,18,23). The molecule has 1 aromatic rings. The summed E-state index contributed by atoms with van der Waals surface area (Å²) < 4.78 is 0.737. The van der Waals surface area contributed by atoms with Gasteiger partial charge in [-0.05, 0) is 38.5 Å². The maximum Gasteiger partial charge on any atom is 0.233 e. The van der Waals surface area contributed by atoms with Crippen molar-refractivity contribution in [2.75, 3.05) is 4.90 Å². The van der Waals surface area contributed by atoms with Crippen molar-refractivity contribution >= 4 is 40.0 Å². The van der Waals surface area contributed by atoms with Gasteiger partial charge in [-0.25, -0.2) is 0 Å². The SMILES string of the molecule is CC(=O)N(c1nnc(SC(C)C(=O)NC2CCCCC2C)s1)C1CC1. The molecule has 2 fully saturated rings. The summed E-state index contributed by atoms with van der Waals surface area (Å²) in [6.07, 6.45) is 6.77. The van der Waals surface area contributed by atoms with Gasteiger partial charge in [-0.3, -0.25) is 14.5 Å². The molecule has 2 aliphatic rings. The van der Waals surface area contributed by atoms with Crippen molar-refractivity contribution in [3.05, 3.63) is 0 Å². The van der Waals surface area contributed by atoms with E-state index in [9.17, 15) is 9.59 Å². The van der Waals surface area contributed by atoms with Crippen molar-refractivity contribution in [3.63, 3.8) is 0 Å². The first-order valence-electron chi connectivity index (χ1n) is 9.06. The van der Waals surface area contributed by atoms with Crippen LogP contribution in [0.1, 0.15) is 59.3 Å². The summed E-state index contributed by atoms with van der Waals surface area (Å²) in [5, 5.41) is 12.0. The molecule has 8 heteroatoms. The van der Waals surface area contributed by atoms with E-state index in [-0.39, 0.29) is 29.1 Å². The van der Waals surface area contributed by atoms with Crippen LogP contribution < -0.4 is 10.2 Å². The third kappa shape index (κ3) is 4.73. The molecule has 0 bridgehead atoms. The van der Waals surface area contributed by atoms with Gasteiger partial charge in [0.25, 0.3) is 0 Å². The minimum Gasteiger partial charge on any atom is -0.352 e. The minimum absolute atomic E-state index is 0.00674. The summed E-state index contributed by atoms with van der Waals surface area (Å²) in [5.74, 6) is 0.615. The van der Waals surface area contributed by atoms with E-state index in [0.29, 0.717) is 11.0 Å². The summed E-state index contributed by atoms with van der Waals surface area (Å²) >= 11 is 2.81. The second kappa shape index (κ2) is 8.03. The smallest absolute Gasteiger partial charge is 0.233 e.